The zero-order valence-corrected chi connectivity index (χ0v) is 42.0. The molecule has 0 spiro atoms. The van der Waals surface area contributed by atoms with Gasteiger partial charge in [-0.05, 0) is 159 Å². The van der Waals surface area contributed by atoms with E-state index in [4.69, 9.17) is 39.5 Å². The molecule has 368 valence electrons. The SMILES string of the molecule is CC(C)(C)OC(=O)NCc1ccc(B(O)O)cc1.Cc1ccc(NC(=O)C2(c3ccc4c(c3)OCO4)CC2)cc1-c1ccc(CN)cc1.Cc1ccc(NC(=O)C2(c3ccc4c(c3)OCO4)CC2)cc1Br. The summed E-state index contributed by atoms with van der Waals surface area (Å²) in [5.74, 6) is 2.97. The number of hydrogen-bond donors (Lipinski definition) is 6. The Hall–Kier alpha value is -6.85. The highest BCUT2D eigenvalue weighted by atomic mass is 79.9. The highest BCUT2D eigenvalue weighted by Crippen LogP contribution is 2.52. The minimum atomic E-state index is -1.47. The molecule has 4 aliphatic rings. The summed E-state index contributed by atoms with van der Waals surface area (Å²) in [5.41, 5.74) is 14.7. The highest BCUT2D eigenvalue weighted by Gasteiger charge is 2.52. The molecule has 7 N–H and O–H groups in total. The number of halogens is 1. The second-order valence-electron chi connectivity index (χ2n) is 19.1. The van der Waals surface area contributed by atoms with Gasteiger partial charge in [0.2, 0.25) is 25.4 Å². The second-order valence-corrected chi connectivity index (χ2v) is 19.9. The Morgan fingerprint density at radius 1 is 0.648 bits per heavy atom. The predicted octanol–water partition coefficient (Wildman–Crippen LogP) is 9.07. The van der Waals surface area contributed by atoms with Gasteiger partial charge in [-0.2, -0.15) is 0 Å². The summed E-state index contributed by atoms with van der Waals surface area (Å²) in [6.45, 7) is 10.8. The van der Waals surface area contributed by atoms with Crippen LogP contribution < -0.4 is 46.1 Å². The summed E-state index contributed by atoms with van der Waals surface area (Å²) in [7, 11) is -1.47. The van der Waals surface area contributed by atoms with Crippen molar-refractivity contribution in [1.82, 2.24) is 5.32 Å². The molecule has 16 heteroatoms. The van der Waals surface area contributed by atoms with E-state index in [1.807, 2.05) is 91.9 Å². The van der Waals surface area contributed by atoms with Crippen molar-refractivity contribution in [2.24, 2.45) is 5.73 Å². The first-order chi connectivity index (χ1) is 33.9. The number of carbonyl (C=O) groups is 3. The number of aryl methyl sites for hydroxylation is 2. The molecule has 2 saturated carbocycles. The summed E-state index contributed by atoms with van der Waals surface area (Å²) in [4.78, 5) is 37.4. The van der Waals surface area contributed by atoms with E-state index in [2.05, 4.69) is 50.9 Å². The van der Waals surface area contributed by atoms with Crippen LogP contribution in [0.2, 0.25) is 0 Å². The molecule has 2 aliphatic carbocycles. The van der Waals surface area contributed by atoms with Crippen molar-refractivity contribution in [2.45, 2.75) is 89.8 Å². The van der Waals surface area contributed by atoms with Gasteiger partial charge in [0.1, 0.15) is 5.60 Å². The minimum absolute atomic E-state index is 0.0228. The lowest BCUT2D eigenvalue weighted by Gasteiger charge is -2.19. The molecule has 0 unspecified atom stereocenters. The summed E-state index contributed by atoms with van der Waals surface area (Å²) < 4.78 is 27.7. The molecule has 6 aromatic carbocycles. The van der Waals surface area contributed by atoms with Crippen molar-refractivity contribution in [1.29, 1.82) is 0 Å². The van der Waals surface area contributed by atoms with Gasteiger partial charge in [-0.25, -0.2) is 4.79 Å². The van der Waals surface area contributed by atoms with E-state index in [-0.39, 0.29) is 25.4 Å². The third-order valence-corrected chi connectivity index (χ3v) is 13.6. The van der Waals surface area contributed by atoms with E-state index in [0.29, 0.717) is 24.3 Å². The monoisotopic (exact) mass is 1020 g/mol. The molecule has 2 aliphatic heterocycles. The number of alkyl carbamates (subject to hydrolysis) is 1. The summed E-state index contributed by atoms with van der Waals surface area (Å²) in [6.07, 6.45) is 2.89. The largest absolute Gasteiger partial charge is 0.488 e. The molecule has 10 rings (SSSR count). The molecule has 0 saturated heterocycles. The molecule has 0 radical (unpaired) electrons. The number of ether oxygens (including phenoxy) is 5. The van der Waals surface area contributed by atoms with Gasteiger partial charge in [0, 0.05) is 28.9 Å². The van der Waals surface area contributed by atoms with Gasteiger partial charge in [-0.15, -0.1) is 0 Å². The maximum Gasteiger partial charge on any atom is 0.488 e. The standard InChI is InChI=1S/C25H24N2O3.C18H16BrNO3.C12H18BNO4/c1-16-2-8-20(13-21(16)18-5-3-17(14-26)4-6-18)27-24(28)25(10-11-25)19-7-9-22-23(12-19)30-15-29-22;1-11-2-4-13(9-14(11)19)20-17(21)18(6-7-18)12-3-5-15-16(8-12)23-10-22-15;1-12(2,3)18-11(15)14-8-9-4-6-10(7-5-9)13(16)17/h2-9,12-13H,10-11,14-15,26H2,1H3,(H,27,28);2-5,8-9H,6-7,10H2,1H3,(H,20,21);4-7,16-17H,8H2,1-3H3,(H,14,15). The molecule has 71 heavy (non-hydrogen) atoms. The van der Waals surface area contributed by atoms with E-state index in [1.165, 1.54) is 0 Å². The summed E-state index contributed by atoms with van der Waals surface area (Å²) in [5, 5.41) is 26.6. The lowest BCUT2D eigenvalue weighted by molar-refractivity contribution is -0.119. The van der Waals surface area contributed by atoms with Gasteiger partial charge >= 0.3 is 13.2 Å². The Kier molecular flexibility index (Phi) is 15.1. The number of rotatable bonds is 11. The van der Waals surface area contributed by atoms with E-state index in [0.717, 1.165) is 103 Å². The van der Waals surface area contributed by atoms with E-state index < -0.39 is 29.6 Å². The Bertz CT molecular complexity index is 2920. The van der Waals surface area contributed by atoms with Crippen LogP contribution in [0.25, 0.3) is 11.1 Å². The molecule has 0 bridgehead atoms. The van der Waals surface area contributed by atoms with Gasteiger partial charge in [-0.1, -0.05) is 88.7 Å². The normalized spacial score (nSPS) is 14.9. The van der Waals surface area contributed by atoms with Crippen LogP contribution >= 0.6 is 15.9 Å². The number of nitrogens with two attached hydrogens (primary N) is 1. The average Bonchev–Trinajstić information content (AvgIpc) is 4.25. The predicted molar refractivity (Wildman–Crippen MR) is 277 cm³/mol. The van der Waals surface area contributed by atoms with Crippen LogP contribution in [0.5, 0.6) is 23.0 Å². The Morgan fingerprint density at radius 2 is 1.14 bits per heavy atom. The lowest BCUT2D eigenvalue weighted by atomic mass is 9.80. The fourth-order valence-electron chi connectivity index (χ4n) is 8.23. The van der Waals surface area contributed by atoms with Crippen molar-refractivity contribution in [2.75, 3.05) is 24.2 Å². The number of anilines is 2. The number of nitrogens with one attached hydrogen (secondary N) is 3. The first-order valence-electron chi connectivity index (χ1n) is 23.5. The number of hydrogen-bond acceptors (Lipinski definition) is 11. The van der Waals surface area contributed by atoms with Crippen LogP contribution in [0.1, 0.15) is 79.8 Å². The van der Waals surface area contributed by atoms with Crippen LogP contribution in [0.4, 0.5) is 16.2 Å². The van der Waals surface area contributed by atoms with Crippen molar-refractivity contribution in [3.05, 3.63) is 159 Å². The van der Waals surface area contributed by atoms with Crippen molar-refractivity contribution >= 4 is 57.8 Å². The topological polar surface area (TPSA) is 200 Å². The molecule has 6 aromatic rings. The maximum atomic E-state index is 13.2. The number of carbonyl (C=O) groups excluding carboxylic acids is 3. The highest BCUT2D eigenvalue weighted by molar-refractivity contribution is 9.10. The van der Waals surface area contributed by atoms with Crippen LogP contribution in [-0.4, -0.2) is 54.3 Å². The van der Waals surface area contributed by atoms with Crippen LogP contribution in [-0.2, 0) is 38.2 Å². The second kappa shape index (κ2) is 21.2. The molecular formula is C55H58BBrN4O10. The van der Waals surface area contributed by atoms with Gasteiger partial charge in [0.05, 0.1) is 10.8 Å². The average molecular weight is 1030 g/mol. The third-order valence-electron chi connectivity index (χ3n) is 12.8. The molecule has 0 atom stereocenters. The first kappa shape index (κ1) is 50.5. The van der Waals surface area contributed by atoms with Crippen molar-refractivity contribution in [3.8, 4) is 34.1 Å². The quantitative estimate of drug-likeness (QED) is 0.0677. The first-order valence-corrected chi connectivity index (χ1v) is 24.3. The van der Waals surface area contributed by atoms with Crippen LogP contribution in [0.15, 0.2) is 126 Å². The summed E-state index contributed by atoms with van der Waals surface area (Å²) >= 11 is 3.50. The zero-order valence-electron chi connectivity index (χ0n) is 40.4. The fraction of sp³-hybridized carbons (Fsp3) is 0.291. The van der Waals surface area contributed by atoms with Gasteiger partial charge in [-0.3, -0.25) is 9.59 Å². The molecule has 0 aromatic heterocycles. The number of amides is 3. The Morgan fingerprint density at radius 3 is 1.62 bits per heavy atom. The fourth-order valence-corrected chi connectivity index (χ4v) is 8.61. The van der Waals surface area contributed by atoms with Crippen LogP contribution in [0, 0.1) is 13.8 Å². The summed E-state index contributed by atoms with van der Waals surface area (Å²) in [6, 6.07) is 38.3. The minimum Gasteiger partial charge on any atom is -0.454 e. The smallest absolute Gasteiger partial charge is 0.454 e. The molecule has 2 heterocycles. The van der Waals surface area contributed by atoms with Crippen molar-refractivity contribution < 1.29 is 48.1 Å². The Balaban J connectivity index is 0.000000148. The number of benzene rings is 6. The van der Waals surface area contributed by atoms with E-state index in [1.54, 1.807) is 45.0 Å². The molecular weight excluding hydrogens is 967 g/mol. The van der Waals surface area contributed by atoms with Gasteiger partial charge in [0.25, 0.3) is 0 Å². The Labute approximate surface area is 422 Å². The molecule has 14 nitrogen and oxygen atoms in total. The number of fused-ring (bicyclic) bond motifs is 2. The maximum absolute atomic E-state index is 13.2. The van der Waals surface area contributed by atoms with E-state index >= 15 is 0 Å². The van der Waals surface area contributed by atoms with Crippen LogP contribution in [0.3, 0.4) is 0 Å². The zero-order chi connectivity index (χ0) is 50.5. The molecule has 3 amide bonds. The van der Waals surface area contributed by atoms with Gasteiger partial charge in [0.15, 0.2) is 23.0 Å². The van der Waals surface area contributed by atoms with E-state index in [9.17, 15) is 14.4 Å². The lowest BCUT2D eigenvalue weighted by Crippen LogP contribution is -2.32. The third kappa shape index (κ3) is 12.2. The van der Waals surface area contributed by atoms with Gasteiger partial charge < -0.3 is 55.4 Å². The molecule has 2 fully saturated rings. The van der Waals surface area contributed by atoms with Crippen molar-refractivity contribution in [3.63, 3.8) is 0 Å².